The molecule has 38 heavy (non-hydrogen) atoms. The van der Waals surface area contributed by atoms with Crippen LogP contribution in [-0.2, 0) is 26.2 Å². The summed E-state index contributed by atoms with van der Waals surface area (Å²) in [5.74, 6) is -0.329. The van der Waals surface area contributed by atoms with Crippen LogP contribution in [0.25, 0.3) is 0 Å². The molecule has 0 bridgehead atoms. The summed E-state index contributed by atoms with van der Waals surface area (Å²) in [7, 11) is -2.64. The summed E-state index contributed by atoms with van der Waals surface area (Å²) in [5, 5.41) is 2.57. The number of carbonyl (C=O) groups excluding carboxylic acids is 2. The van der Waals surface area contributed by atoms with E-state index in [1.807, 2.05) is 38.1 Å². The van der Waals surface area contributed by atoms with E-state index in [-0.39, 0.29) is 17.3 Å². The van der Waals surface area contributed by atoms with Crippen LogP contribution >= 0.6 is 15.9 Å². The third-order valence-corrected chi connectivity index (χ3v) is 8.26. The van der Waals surface area contributed by atoms with E-state index >= 15 is 0 Å². The first-order chi connectivity index (χ1) is 18.1. The van der Waals surface area contributed by atoms with Crippen LogP contribution in [0.5, 0.6) is 5.75 Å². The molecule has 0 radical (unpaired) electrons. The molecule has 0 fully saturated rings. The molecule has 0 aliphatic carbocycles. The monoisotopic (exact) mass is 601 g/mol. The van der Waals surface area contributed by atoms with Crippen LogP contribution in [0.1, 0.15) is 25.0 Å². The van der Waals surface area contributed by atoms with Gasteiger partial charge in [0.1, 0.15) is 18.3 Å². The van der Waals surface area contributed by atoms with Crippen molar-refractivity contribution in [2.75, 3.05) is 24.5 Å². The van der Waals surface area contributed by atoms with Gasteiger partial charge in [-0.1, -0.05) is 45.8 Å². The lowest BCUT2D eigenvalue weighted by molar-refractivity contribution is -0.139. The van der Waals surface area contributed by atoms with Crippen molar-refractivity contribution in [3.05, 3.63) is 88.4 Å². The van der Waals surface area contributed by atoms with Crippen LogP contribution in [0.15, 0.2) is 82.2 Å². The molecule has 1 N–H and O–H groups in total. The van der Waals surface area contributed by atoms with E-state index in [4.69, 9.17) is 4.74 Å². The zero-order chi connectivity index (χ0) is 27.9. The summed E-state index contributed by atoms with van der Waals surface area (Å²) in [6.45, 7) is 5.44. The second kappa shape index (κ2) is 12.9. The molecule has 10 heteroatoms. The molecule has 1 atom stereocenters. The lowest BCUT2D eigenvalue weighted by atomic mass is 10.1. The molecule has 0 heterocycles. The van der Waals surface area contributed by atoms with Gasteiger partial charge in [-0.3, -0.25) is 13.9 Å². The molecule has 3 rings (SSSR count). The van der Waals surface area contributed by atoms with Crippen LogP contribution in [0.2, 0.25) is 0 Å². The first kappa shape index (κ1) is 29.2. The Kier molecular flexibility index (Phi) is 9.93. The van der Waals surface area contributed by atoms with Crippen molar-refractivity contribution >= 4 is 43.5 Å². The number of carbonyl (C=O) groups is 2. The summed E-state index contributed by atoms with van der Waals surface area (Å²) in [5.41, 5.74) is 2.08. The molecule has 0 saturated carbocycles. The Morgan fingerprint density at radius 1 is 1.03 bits per heavy atom. The quantitative estimate of drug-likeness (QED) is 0.349. The fraction of sp³-hybridized carbons (Fsp3) is 0.286. The molecule has 0 spiro atoms. The van der Waals surface area contributed by atoms with Gasteiger partial charge >= 0.3 is 0 Å². The number of nitrogens with one attached hydrogen (secondary N) is 1. The fourth-order valence-electron chi connectivity index (χ4n) is 3.87. The summed E-state index contributed by atoms with van der Waals surface area (Å²) in [6.07, 6.45) is 0. The number of ether oxygens (including phenoxy) is 1. The molecule has 202 valence electrons. The van der Waals surface area contributed by atoms with E-state index in [9.17, 15) is 18.0 Å². The maximum absolute atomic E-state index is 13.8. The summed E-state index contributed by atoms with van der Waals surface area (Å²) in [4.78, 5) is 27.7. The molecule has 0 saturated heterocycles. The van der Waals surface area contributed by atoms with Crippen molar-refractivity contribution in [2.45, 2.75) is 38.3 Å². The maximum atomic E-state index is 13.8. The van der Waals surface area contributed by atoms with Gasteiger partial charge in [0.2, 0.25) is 11.8 Å². The average molecular weight is 603 g/mol. The minimum absolute atomic E-state index is 0.0206. The average Bonchev–Trinajstić information content (AvgIpc) is 2.90. The third-order valence-electron chi connectivity index (χ3n) is 5.98. The van der Waals surface area contributed by atoms with Gasteiger partial charge in [0, 0.05) is 18.1 Å². The van der Waals surface area contributed by atoms with E-state index in [0.717, 1.165) is 19.9 Å². The number of aryl methyl sites for hydroxylation is 1. The van der Waals surface area contributed by atoms with Gasteiger partial charge in [0.15, 0.2) is 0 Å². The van der Waals surface area contributed by atoms with Gasteiger partial charge in [-0.25, -0.2) is 8.42 Å². The Labute approximate surface area is 232 Å². The van der Waals surface area contributed by atoms with Crippen molar-refractivity contribution in [1.82, 2.24) is 10.2 Å². The maximum Gasteiger partial charge on any atom is 0.264 e. The number of anilines is 1. The van der Waals surface area contributed by atoms with Crippen molar-refractivity contribution in [1.29, 1.82) is 0 Å². The van der Waals surface area contributed by atoms with E-state index in [1.165, 1.54) is 24.1 Å². The molecule has 1 unspecified atom stereocenters. The number of sulfonamides is 1. The Morgan fingerprint density at radius 3 is 2.26 bits per heavy atom. The highest BCUT2D eigenvalue weighted by Crippen LogP contribution is 2.26. The predicted molar refractivity (Wildman–Crippen MR) is 152 cm³/mol. The molecular formula is C28H32BrN3O5S. The normalized spacial score (nSPS) is 11.9. The van der Waals surface area contributed by atoms with Gasteiger partial charge in [-0.2, -0.15) is 0 Å². The summed E-state index contributed by atoms with van der Waals surface area (Å²) < 4.78 is 35.0. The number of rotatable bonds is 11. The van der Waals surface area contributed by atoms with Gasteiger partial charge in [0.25, 0.3) is 10.0 Å². The van der Waals surface area contributed by atoms with Gasteiger partial charge in [-0.05, 0) is 74.9 Å². The second-order valence-electron chi connectivity index (χ2n) is 8.69. The number of benzene rings is 3. The fourth-order valence-corrected chi connectivity index (χ4v) is 5.73. The Morgan fingerprint density at radius 2 is 1.68 bits per heavy atom. The first-order valence-electron chi connectivity index (χ1n) is 12.1. The standard InChI is InChI=1S/C28H32BrN3O5S/c1-5-37-25-13-15-26(16-14-25)38(35,36)32(24-11-9-20(2)10-12-24)19-27(33)31(21(3)28(34)30-4)18-22-7-6-8-23(29)17-22/h6-17,21H,5,18-19H2,1-4H3,(H,30,34). The highest BCUT2D eigenvalue weighted by Gasteiger charge is 2.32. The third kappa shape index (κ3) is 7.14. The molecule has 0 aliphatic rings. The van der Waals surface area contributed by atoms with E-state index in [0.29, 0.717) is 18.0 Å². The predicted octanol–water partition coefficient (Wildman–Crippen LogP) is 4.51. The molecule has 0 aliphatic heterocycles. The Hall–Kier alpha value is -3.37. The molecule has 3 aromatic carbocycles. The summed E-state index contributed by atoms with van der Waals surface area (Å²) >= 11 is 3.43. The van der Waals surface area contributed by atoms with E-state index in [1.54, 1.807) is 43.3 Å². The lowest BCUT2D eigenvalue weighted by Gasteiger charge is -2.31. The van der Waals surface area contributed by atoms with Crippen LogP contribution in [0, 0.1) is 6.92 Å². The second-order valence-corrected chi connectivity index (χ2v) is 11.5. The SMILES string of the molecule is CCOc1ccc(S(=O)(=O)N(CC(=O)N(Cc2cccc(Br)c2)C(C)C(=O)NC)c2ccc(C)cc2)cc1. The van der Waals surface area contributed by atoms with Crippen molar-refractivity contribution < 1.29 is 22.7 Å². The Bertz CT molecular complexity index is 1360. The minimum atomic E-state index is -4.14. The molecule has 8 nitrogen and oxygen atoms in total. The van der Waals surface area contributed by atoms with E-state index in [2.05, 4.69) is 21.2 Å². The highest BCUT2D eigenvalue weighted by molar-refractivity contribution is 9.10. The van der Waals surface area contributed by atoms with Crippen LogP contribution in [0.4, 0.5) is 5.69 Å². The van der Waals surface area contributed by atoms with Gasteiger partial charge in [0.05, 0.1) is 17.2 Å². The summed E-state index contributed by atoms with van der Waals surface area (Å²) in [6, 6.07) is 19.5. The largest absolute Gasteiger partial charge is 0.494 e. The zero-order valence-electron chi connectivity index (χ0n) is 21.8. The van der Waals surface area contributed by atoms with Crippen molar-refractivity contribution in [2.24, 2.45) is 0 Å². The number of hydrogen-bond acceptors (Lipinski definition) is 5. The minimum Gasteiger partial charge on any atom is -0.494 e. The number of hydrogen-bond donors (Lipinski definition) is 1. The highest BCUT2D eigenvalue weighted by atomic mass is 79.9. The first-order valence-corrected chi connectivity index (χ1v) is 14.4. The van der Waals surface area contributed by atoms with Gasteiger partial charge < -0.3 is 15.0 Å². The van der Waals surface area contributed by atoms with Crippen LogP contribution < -0.4 is 14.4 Å². The number of nitrogens with zero attached hydrogens (tertiary/aromatic N) is 2. The Balaban J connectivity index is 2.01. The molecule has 2 amide bonds. The lowest BCUT2D eigenvalue weighted by Crippen LogP contribution is -2.50. The van der Waals surface area contributed by atoms with E-state index < -0.39 is 28.5 Å². The smallest absolute Gasteiger partial charge is 0.264 e. The number of amides is 2. The van der Waals surface area contributed by atoms with Crippen molar-refractivity contribution in [3.63, 3.8) is 0 Å². The zero-order valence-corrected chi connectivity index (χ0v) is 24.3. The number of likely N-dealkylation sites (N-methyl/N-ethyl adjacent to an activating group) is 1. The molecular weight excluding hydrogens is 570 g/mol. The number of halogens is 1. The molecule has 3 aromatic rings. The van der Waals surface area contributed by atoms with Crippen molar-refractivity contribution in [3.8, 4) is 5.75 Å². The molecule has 0 aromatic heterocycles. The topological polar surface area (TPSA) is 96.0 Å². The van der Waals surface area contributed by atoms with Gasteiger partial charge in [-0.15, -0.1) is 0 Å². The van der Waals surface area contributed by atoms with Crippen LogP contribution in [-0.4, -0.2) is 51.4 Å². The van der Waals surface area contributed by atoms with Crippen LogP contribution in [0.3, 0.4) is 0 Å².